The van der Waals surface area contributed by atoms with Crippen molar-refractivity contribution >= 4 is 11.9 Å². The summed E-state index contributed by atoms with van der Waals surface area (Å²) in [5.41, 5.74) is 4.19. The molecular weight excluding hydrogens is 368 g/mol. The number of hydrogen-bond acceptors (Lipinski definition) is 4. The Morgan fingerprint density at radius 3 is 2.59 bits per heavy atom. The van der Waals surface area contributed by atoms with Crippen molar-refractivity contribution in [2.45, 2.75) is 32.1 Å². The third-order valence-corrected chi connectivity index (χ3v) is 5.19. The van der Waals surface area contributed by atoms with Crippen molar-refractivity contribution in [1.29, 1.82) is 0 Å². The number of hydrogen-bond donors (Lipinski definition) is 3. The number of H-pyrrole nitrogens is 1. The SMILES string of the molecule is O=C(O)c1ccc(CN2Cc3[nH]cnc3C[C@H]2C(=O)NCc2ccccc2)cc1. The quantitative estimate of drug-likeness (QED) is 0.600. The Balaban J connectivity index is 1.49. The van der Waals surface area contributed by atoms with Gasteiger partial charge in [0.1, 0.15) is 0 Å². The molecule has 0 saturated carbocycles. The molecule has 2 aromatic carbocycles. The Morgan fingerprint density at radius 1 is 1.10 bits per heavy atom. The average molecular weight is 390 g/mol. The molecule has 1 aliphatic heterocycles. The predicted octanol–water partition coefficient (Wildman–Crippen LogP) is 2.35. The number of imidazole rings is 1. The van der Waals surface area contributed by atoms with Crippen molar-refractivity contribution in [3.63, 3.8) is 0 Å². The van der Waals surface area contributed by atoms with E-state index < -0.39 is 5.97 Å². The number of nitrogens with one attached hydrogen (secondary N) is 2. The molecular formula is C22H22N4O3. The lowest BCUT2D eigenvalue weighted by Crippen LogP contribution is -2.49. The van der Waals surface area contributed by atoms with E-state index in [2.05, 4.69) is 20.2 Å². The highest BCUT2D eigenvalue weighted by Gasteiger charge is 2.32. The van der Waals surface area contributed by atoms with E-state index in [1.165, 1.54) is 0 Å². The van der Waals surface area contributed by atoms with Gasteiger partial charge < -0.3 is 15.4 Å². The summed E-state index contributed by atoms with van der Waals surface area (Å²) in [7, 11) is 0. The lowest BCUT2D eigenvalue weighted by atomic mass is 10.0. The molecule has 3 aromatic rings. The van der Waals surface area contributed by atoms with Crippen LogP contribution in [0.25, 0.3) is 0 Å². The van der Waals surface area contributed by atoms with Gasteiger partial charge in [-0.15, -0.1) is 0 Å². The van der Waals surface area contributed by atoms with E-state index in [1.54, 1.807) is 30.6 Å². The highest BCUT2D eigenvalue weighted by molar-refractivity contribution is 5.87. The number of amides is 1. The van der Waals surface area contributed by atoms with E-state index in [-0.39, 0.29) is 17.5 Å². The molecule has 29 heavy (non-hydrogen) atoms. The molecule has 0 bridgehead atoms. The number of carboxylic acid groups (broad SMARTS) is 1. The number of carbonyl (C=O) groups is 2. The number of benzene rings is 2. The smallest absolute Gasteiger partial charge is 0.335 e. The first-order valence-corrected chi connectivity index (χ1v) is 9.49. The Morgan fingerprint density at radius 2 is 1.86 bits per heavy atom. The number of nitrogens with zero attached hydrogens (tertiary/aromatic N) is 2. The molecule has 1 aromatic heterocycles. The molecule has 1 amide bonds. The molecule has 0 fully saturated rings. The van der Waals surface area contributed by atoms with E-state index in [4.69, 9.17) is 5.11 Å². The van der Waals surface area contributed by atoms with Gasteiger partial charge in [-0.2, -0.15) is 0 Å². The number of aromatic carboxylic acids is 1. The van der Waals surface area contributed by atoms with Gasteiger partial charge in [0.05, 0.1) is 29.3 Å². The lowest BCUT2D eigenvalue weighted by molar-refractivity contribution is -0.127. The fraction of sp³-hybridized carbons (Fsp3) is 0.227. The van der Waals surface area contributed by atoms with Crippen LogP contribution in [0.15, 0.2) is 60.9 Å². The lowest BCUT2D eigenvalue weighted by Gasteiger charge is -2.34. The first kappa shape index (κ1) is 18.9. The summed E-state index contributed by atoms with van der Waals surface area (Å²) in [5.74, 6) is -0.987. The van der Waals surface area contributed by atoms with Crippen LogP contribution in [-0.4, -0.2) is 37.9 Å². The molecule has 148 valence electrons. The van der Waals surface area contributed by atoms with E-state index in [0.717, 1.165) is 22.5 Å². The van der Waals surface area contributed by atoms with Gasteiger partial charge in [-0.3, -0.25) is 9.69 Å². The molecule has 0 aliphatic carbocycles. The minimum absolute atomic E-state index is 0.0374. The highest BCUT2D eigenvalue weighted by Crippen LogP contribution is 2.23. The number of aromatic nitrogens is 2. The molecule has 3 N–H and O–H groups in total. The van der Waals surface area contributed by atoms with Gasteiger partial charge in [0.25, 0.3) is 0 Å². The van der Waals surface area contributed by atoms with Gasteiger partial charge in [0.2, 0.25) is 5.91 Å². The third-order valence-electron chi connectivity index (χ3n) is 5.19. The Labute approximate surface area is 168 Å². The van der Waals surface area contributed by atoms with Crippen molar-refractivity contribution in [2.24, 2.45) is 0 Å². The van der Waals surface area contributed by atoms with Gasteiger partial charge in [-0.25, -0.2) is 9.78 Å². The Bertz CT molecular complexity index is 998. The van der Waals surface area contributed by atoms with Gasteiger partial charge in [0, 0.05) is 26.1 Å². The Kier molecular flexibility index (Phi) is 5.39. The fourth-order valence-electron chi connectivity index (χ4n) is 3.60. The highest BCUT2D eigenvalue weighted by atomic mass is 16.4. The molecule has 0 radical (unpaired) electrons. The summed E-state index contributed by atoms with van der Waals surface area (Å²) in [6.07, 6.45) is 2.20. The summed E-state index contributed by atoms with van der Waals surface area (Å²) >= 11 is 0. The maximum atomic E-state index is 13.0. The summed E-state index contributed by atoms with van der Waals surface area (Å²) in [5, 5.41) is 12.1. The van der Waals surface area contributed by atoms with E-state index in [0.29, 0.717) is 26.1 Å². The van der Waals surface area contributed by atoms with Crippen LogP contribution in [0.3, 0.4) is 0 Å². The van der Waals surface area contributed by atoms with Crippen molar-refractivity contribution < 1.29 is 14.7 Å². The van der Waals surface area contributed by atoms with E-state index in [9.17, 15) is 9.59 Å². The second-order valence-electron chi connectivity index (χ2n) is 7.16. The number of fused-ring (bicyclic) bond motifs is 1. The largest absolute Gasteiger partial charge is 0.478 e. The molecule has 0 unspecified atom stereocenters. The summed E-state index contributed by atoms with van der Waals surface area (Å²) in [6, 6.07) is 16.2. The average Bonchev–Trinajstić information content (AvgIpc) is 3.20. The monoisotopic (exact) mass is 390 g/mol. The molecule has 1 aliphatic rings. The zero-order chi connectivity index (χ0) is 20.2. The fourth-order valence-corrected chi connectivity index (χ4v) is 3.60. The minimum atomic E-state index is -0.949. The van der Waals surface area contributed by atoms with Crippen LogP contribution in [0.4, 0.5) is 0 Å². The molecule has 0 spiro atoms. The number of rotatable bonds is 6. The summed E-state index contributed by atoms with van der Waals surface area (Å²) < 4.78 is 0. The van der Waals surface area contributed by atoms with Crippen molar-refractivity contribution in [2.75, 3.05) is 0 Å². The molecule has 4 rings (SSSR count). The van der Waals surface area contributed by atoms with Crippen LogP contribution in [-0.2, 0) is 30.8 Å². The molecule has 1 atom stereocenters. The molecule has 7 heteroatoms. The standard InChI is InChI=1S/C22H22N4O3/c27-21(23-11-15-4-2-1-3-5-15)20-10-18-19(25-14-24-18)13-26(20)12-16-6-8-17(9-7-16)22(28)29/h1-9,14,20H,10-13H2,(H,23,27)(H,24,25)(H,28,29)/t20-/m0/s1. The van der Waals surface area contributed by atoms with Crippen molar-refractivity contribution in [3.05, 3.63) is 89.0 Å². The maximum absolute atomic E-state index is 13.0. The topological polar surface area (TPSA) is 98.3 Å². The van der Waals surface area contributed by atoms with Crippen LogP contribution < -0.4 is 5.32 Å². The van der Waals surface area contributed by atoms with Crippen LogP contribution in [0.1, 0.15) is 32.9 Å². The second-order valence-corrected chi connectivity index (χ2v) is 7.16. The van der Waals surface area contributed by atoms with Crippen LogP contribution >= 0.6 is 0 Å². The maximum Gasteiger partial charge on any atom is 0.335 e. The molecule has 0 saturated heterocycles. The zero-order valence-corrected chi connectivity index (χ0v) is 15.8. The van der Waals surface area contributed by atoms with Gasteiger partial charge >= 0.3 is 5.97 Å². The van der Waals surface area contributed by atoms with Crippen molar-refractivity contribution in [3.8, 4) is 0 Å². The van der Waals surface area contributed by atoms with E-state index >= 15 is 0 Å². The van der Waals surface area contributed by atoms with Crippen molar-refractivity contribution in [1.82, 2.24) is 20.2 Å². The molecule has 7 nitrogen and oxygen atoms in total. The zero-order valence-electron chi connectivity index (χ0n) is 15.8. The predicted molar refractivity (Wildman–Crippen MR) is 107 cm³/mol. The van der Waals surface area contributed by atoms with Crippen LogP contribution in [0.5, 0.6) is 0 Å². The first-order valence-electron chi connectivity index (χ1n) is 9.49. The molecule has 2 heterocycles. The van der Waals surface area contributed by atoms with Gasteiger partial charge in [-0.05, 0) is 23.3 Å². The van der Waals surface area contributed by atoms with E-state index in [1.807, 2.05) is 30.3 Å². The van der Waals surface area contributed by atoms with Gasteiger partial charge in [-0.1, -0.05) is 42.5 Å². The number of carbonyl (C=O) groups excluding carboxylic acids is 1. The summed E-state index contributed by atoms with van der Waals surface area (Å²) in [4.78, 5) is 33.6. The minimum Gasteiger partial charge on any atom is -0.478 e. The second kappa shape index (κ2) is 8.28. The van der Waals surface area contributed by atoms with Gasteiger partial charge in [0.15, 0.2) is 0 Å². The number of aromatic amines is 1. The van der Waals surface area contributed by atoms with Crippen LogP contribution in [0, 0.1) is 0 Å². The van der Waals surface area contributed by atoms with Crippen LogP contribution in [0.2, 0.25) is 0 Å². The summed E-state index contributed by atoms with van der Waals surface area (Å²) in [6.45, 7) is 1.60. The first-order chi connectivity index (χ1) is 14.1. The normalized spacial score (nSPS) is 16.2. The third kappa shape index (κ3) is 4.35. The Hall–Kier alpha value is -3.45. The number of carboxylic acids is 1.